The molecule has 0 saturated heterocycles. The molecular weight excluding hydrogens is 416 g/mol. The van der Waals surface area contributed by atoms with Gasteiger partial charge in [0, 0.05) is 6.42 Å². The van der Waals surface area contributed by atoms with Gasteiger partial charge in [-0.3, -0.25) is 34.4 Å². The van der Waals surface area contributed by atoms with E-state index in [0.717, 1.165) is 6.20 Å². The van der Waals surface area contributed by atoms with E-state index in [9.17, 15) is 25.0 Å². The quantitative estimate of drug-likeness (QED) is 0.278. The Bertz CT molecular complexity index is 1130. The number of hydrogen-bond donors (Lipinski definition) is 1. The average Bonchev–Trinajstić information content (AvgIpc) is 3.46. The Morgan fingerprint density at radius 3 is 2.74 bits per heavy atom. The van der Waals surface area contributed by atoms with Gasteiger partial charge in [-0.1, -0.05) is 0 Å². The molecule has 0 saturated carbocycles. The molecule has 3 aromatic heterocycles. The van der Waals surface area contributed by atoms with Gasteiger partial charge in [-0.15, -0.1) is 5.10 Å². The van der Waals surface area contributed by atoms with Crippen molar-refractivity contribution in [3.8, 4) is 5.88 Å². The second-order valence-electron chi connectivity index (χ2n) is 6.04. The molecule has 0 atom stereocenters. The number of furan rings is 1. The lowest BCUT2D eigenvalue weighted by Crippen LogP contribution is -2.19. The van der Waals surface area contributed by atoms with E-state index in [0.29, 0.717) is 11.5 Å². The van der Waals surface area contributed by atoms with Crippen LogP contribution in [0.15, 0.2) is 40.2 Å². The number of rotatable bonds is 10. The van der Waals surface area contributed by atoms with Crippen LogP contribution >= 0.6 is 0 Å². The van der Waals surface area contributed by atoms with Crippen molar-refractivity contribution >= 4 is 23.5 Å². The van der Waals surface area contributed by atoms with Crippen molar-refractivity contribution in [3.63, 3.8) is 0 Å². The van der Waals surface area contributed by atoms with Crippen LogP contribution in [-0.4, -0.2) is 48.6 Å². The van der Waals surface area contributed by atoms with E-state index in [1.807, 2.05) is 0 Å². The van der Waals surface area contributed by atoms with Crippen molar-refractivity contribution in [3.05, 3.63) is 62.5 Å². The molecular formula is C16H16N8O7. The SMILES string of the molecule is COc1nn(CCC(=O)N/N=C\c2ccc(Cn3cc([N+](=O)[O-])cn3)o2)cc1[N+](=O)[O-]. The van der Waals surface area contributed by atoms with Gasteiger partial charge in [-0.2, -0.15) is 10.2 Å². The topological polar surface area (TPSA) is 186 Å². The van der Waals surface area contributed by atoms with Crippen LogP contribution < -0.4 is 10.2 Å². The lowest BCUT2D eigenvalue weighted by Gasteiger charge is -2.00. The Morgan fingerprint density at radius 2 is 2.10 bits per heavy atom. The van der Waals surface area contributed by atoms with E-state index >= 15 is 0 Å². The Kier molecular flexibility index (Phi) is 6.34. The number of amides is 1. The Hall–Kier alpha value is -4.56. The number of aromatic nitrogens is 4. The summed E-state index contributed by atoms with van der Waals surface area (Å²) < 4.78 is 12.9. The molecule has 1 N–H and O–H groups in total. The number of hydrazone groups is 1. The van der Waals surface area contributed by atoms with Gasteiger partial charge in [0.1, 0.15) is 30.1 Å². The first kappa shape index (κ1) is 21.2. The molecule has 0 aliphatic heterocycles. The zero-order valence-corrected chi connectivity index (χ0v) is 16.1. The maximum Gasteiger partial charge on any atom is 0.350 e. The minimum atomic E-state index is -0.627. The first-order chi connectivity index (χ1) is 14.9. The lowest BCUT2D eigenvalue weighted by atomic mass is 10.4. The number of carbonyl (C=O) groups is 1. The number of nitrogens with zero attached hydrogens (tertiary/aromatic N) is 7. The molecule has 15 nitrogen and oxygen atoms in total. The molecule has 162 valence electrons. The maximum atomic E-state index is 11.9. The number of methoxy groups -OCH3 is 1. The molecule has 1 amide bonds. The van der Waals surface area contributed by atoms with Crippen LogP contribution in [0.1, 0.15) is 17.9 Å². The molecule has 3 rings (SSSR count). The van der Waals surface area contributed by atoms with Gasteiger partial charge in [0.2, 0.25) is 5.91 Å². The van der Waals surface area contributed by atoms with Crippen molar-refractivity contribution in [1.29, 1.82) is 0 Å². The zero-order chi connectivity index (χ0) is 22.4. The monoisotopic (exact) mass is 432 g/mol. The summed E-state index contributed by atoms with van der Waals surface area (Å²) in [5.74, 6) is 0.259. The first-order valence-corrected chi connectivity index (χ1v) is 8.69. The Morgan fingerprint density at radius 1 is 1.29 bits per heavy atom. The molecule has 0 fully saturated rings. The van der Waals surface area contributed by atoms with Gasteiger partial charge >= 0.3 is 17.3 Å². The minimum Gasteiger partial charge on any atom is -0.475 e. The van der Waals surface area contributed by atoms with E-state index in [4.69, 9.17) is 9.15 Å². The number of nitro groups is 2. The highest BCUT2D eigenvalue weighted by Gasteiger charge is 2.20. The standard InChI is InChI=1S/C16H16N8O7/c1-30-16-14(24(28)29)10-21(20-16)5-4-15(25)19-17-7-12-2-3-13(31-12)9-22-8-11(6-18-22)23(26)27/h2-3,6-8,10H,4-5,9H2,1H3,(H,19,25)/b17-7-. The van der Waals surface area contributed by atoms with Crippen LogP contribution in [-0.2, 0) is 17.9 Å². The van der Waals surface area contributed by atoms with Crippen molar-refractivity contribution < 1.29 is 23.8 Å². The summed E-state index contributed by atoms with van der Waals surface area (Å²) in [7, 11) is 1.26. The van der Waals surface area contributed by atoms with Crippen LogP contribution in [0.5, 0.6) is 5.88 Å². The van der Waals surface area contributed by atoms with E-state index in [1.54, 1.807) is 12.1 Å². The molecule has 15 heteroatoms. The molecule has 3 aromatic rings. The van der Waals surface area contributed by atoms with Crippen LogP contribution in [0.4, 0.5) is 11.4 Å². The average molecular weight is 432 g/mol. The van der Waals surface area contributed by atoms with E-state index in [-0.39, 0.29) is 36.8 Å². The van der Waals surface area contributed by atoms with Gasteiger partial charge in [0.25, 0.3) is 0 Å². The fraction of sp³-hybridized carbons (Fsp3) is 0.250. The predicted octanol–water partition coefficient (Wildman–Crippen LogP) is 1.09. The number of carbonyl (C=O) groups excluding carboxylic acids is 1. The van der Waals surface area contributed by atoms with Crippen molar-refractivity contribution in [2.45, 2.75) is 19.5 Å². The van der Waals surface area contributed by atoms with Gasteiger partial charge in [0.15, 0.2) is 0 Å². The Balaban J connectivity index is 1.47. The summed E-state index contributed by atoms with van der Waals surface area (Å²) in [4.78, 5) is 32.2. The number of ether oxygens (including phenoxy) is 1. The van der Waals surface area contributed by atoms with Crippen LogP contribution in [0, 0.1) is 20.2 Å². The zero-order valence-electron chi connectivity index (χ0n) is 16.1. The minimum absolute atomic E-state index is 0.0270. The number of aryl methyl sites for hydroxylation is 1. The third-order valence-corrected chi connectivity index (χ3v) is 3.88. The lowest BCUT2D eigenvalue weighted by molar-refractivity contribution is -0.385. The molecule has 0 bridgehead atoms. The van der Waals surface area contributed by atoms with Gasteiger partial charge in [-0.25, -0.2) is 5.43 Å². The second kappa shape index (κ2) is 9.29. The Labute approximate surface area is 173 Å². The van der Waals surface area contributed by atoms with Crippen LogP contribution in [0.2, 0.25) is 0 Å². The molecule has 0 spiro atoms. The van der Waals surface area contributed by atoms with Crippen LogP contribution in [0.25, 0.3) is 0 Å². The second-order valence-corrected chi connectivity index (χ2v) is 6.04. The molecule has 0 unspecified atom stereocenters. The van der Waals surface area contributed by atoms with Gasteiger partial charge in [-0.05, 0) is 12.1 Å². The van der Waals surface area contributed by atoms with Crippen molar-refractivity contribution in [1.82, 2.24) is 25.0 Å². The summed E-state index contributed by atoms with van der Waals surface area (Å²) in [5.41, 5.74) is 1.89. The summed E-state index contributed by atoms with van der Waals surface area (Å²) in [6.45, 7) is 0.278. The smallest absolute Gasteiger partial charge is 0.350 e. The normalized spacial score (nSPS) is 11.0. The predicted molar refractivity (Wildman–Crippen MR) is 102 cm³/mol. The summed E-state index contributed by atoms with van der Waals surface area (Å²) >= 11 is 0. The molecule has 3 heterocycles. The van der Waals surface area contributed by atoms with Crippen molar-refractivity contribution in [2.75, 3.05) is 7.11 Å². The molecule has 0 aliphatic rings. The highest BCUT2D eigenvalue weighted by atomic mass is 16.6. The number of nitrogens with one attached hydrogen (secondary N) is 1. The fourth-order valence-electron chi connectivity index (χ4n) is 2.46. The maximum absolute atomic E-state index is 11.9. The third kappa shape index (κ3) is 5.49. The van der Waals surface area contributed by atoms with E-state index in [1.165, 1.54) is 35.1 Å². The van der Waals surface area contributed by atoms with Crippen LogP contribution in [0.3, 0.4) is 0 Å². The highest BCUT2D eigenvalue weighted by Crippen LogP contribution is 2.23. The number of hydrogen-bond acceptors (Lipinski definition) is 10. The largest absolute Gasteiger partial charge is 0.475 e. The highest BCUT2D eigenvalue weighted by molar-refractivity contribution is 5.80. The van der Waals surface area contributed by atoms with Gasteiger partial charge in [0.05, 0.1) is 36.3 Å². The summed E-state index contributed by atoms with van der Waals surface area (Å²) in [5, 5.41) is 33.1. The van der Waals surface area contributed by atoms with E-state index in [2.05, 4.69) is 20.7 Å². The fourth-order valence-corrected chi connectivity index (χ4v) is 2.46. The molecule has 0 aromatic carbocycles. The van der Waals surface area contributed by atoms with Gasteiger partial charge < -0.3 is 9.15 Å². The third-order valence-electron chi connectivity index (χ3n) is 3.88. The molecule has 0 radical (unpaired) electrons. The van der Waals surface area contributed by atoms with Crippen molar-refractivity contribution in [2.24, 2.45) is 5.10 Å². The molecule has 0 aliphatic carbocycles. The molecule has 31 heavy (non-hydrogen) atoms. The summed E-state index contributed by atoms with van der Waals surface area (Å²) in [6, 6.07) is 3.26. The first-order valence-electron chi connectivity index (χ1n) is 8.69. The summed E-state index contributed by atoms with van der Waals surface area (Å²) in [6.07, 6.45) is 4.85. The van der Waals surface area contributed by atoms with E-state index < -0.39 is 15.8 Å².